The number of aryl methyl sites for hydroxylation is 1. The first kappa shape index (κ1) is 27.6. The van der Waals surface area contributed by atoms with Crippen molar-refractivity contribution in [3.63, 3.8) is 0 Å². The molecular weight excluding hydrogens is 646 g/mol. The third-order valence-electron chi connectivity index (χ3n) is 9.70. The van der Waals surface area contributed by atoms with Crippen molar-refractivity contribution in [2.45, 2.75) is 44.1 Å². The summed E-state index contributed by atoms with van der Waals surface area (Å²) in [6.07, 6.45) is 8.06. The minimum absolute atomic E-state index is 0.162. The van der Waals surface area contributed by atoms with Gasteiger partial charge in [-0.2, -0.15) is 0 Å². The van der Waals surface area contributed by atoms with Crippen LogP contribution in [0.3, 0.4) is 0 Å². The Morgan fingerprint density at radius 3 is 2.19 bits per heavy atom. The van der Waals surface area contributed by atoms with Crippen LogP contribution >= 0.6 is 31.9 Å². The Bertz CT molecular complexity index is 1730. The number of hydrogen-bond donors (Lipinski definition) is 0. The largest absolute Gasteiger partial charge is 0.360 e. The van der Waals surface area contributed by atoms with Crippen molar-refractivity contribution in [1.29, 1.82) is 0 Å². The van der Waals surface area contributed by atoms with Gasteiger partial charge in [0, 0.05) is 32.2 Å². The normalized spacial score (nSPS) is 22.3. The lowest BCUT2D eigenvalue weighted by Gasteiger charge is -2.53. The molecule has 3 aliphatic rings. The van der Waals surface area contributed by atoms with Crippen LogP contribution in [0.25, 0.3) is 11.1 Å². The predicted octanol–water partition coefficient (Wildman–Crippen LogP) is 10.1. The number of ketones is 1. The smallest absolute Gasteiger partial charge is 0.173 e. The number of hydrogen-bond acceptors (Lipinski definition) is 2. The van der Waals surface area contributed by atoms with Gasteiger partial charge in [-0.15, -0.1) is 0 Å². The summed E-state index contributed by atoms with van der Waals surface area (Å²) in [6, 6.07) is 33.9. The van der Waals surface area contributed by atoms with Crippen LogP contribution < -0.4 is 4.90 Å². The molecule has 0 N–H and O–H groups in total. The molecule has 42 heavy (non-hydrogen) atoms. The lowest BCUT2D eigenvalue weighted by molar-refractivity contribution is 0.0882. The van der Waals surface area contributed by atoms with Crippen molar-refractivity contribution in [2.24, 2.45) is 5.92 Å². The maximum Gasteiger partial charge on any atom is 0.173 e. The van der Waals surface area contributed by atoms with Crippen LogP contribution in [0.1, 0.15) is 59.3 Å². The molecule has 0 unspecified atom stereocenters. The van der Waals surface area contributed by atoms with Crippen LogP contribution in [0.15, 0.2) is 118 Å². The maximum absolute atomic E-state index is 15.1. The molecule has 0 saturated carbocycles. The first-order valence-electron chi connectivity index (χ1n) is 14.8. The second-order valence-electron chi connectivity index (χ2n) is 12.2. The molecule has 0 fully saturated rings. The number of carbonyl (C=O) groups excluding carboxylic acids is 1. The molecule has 0 radical (unpaired) electrons. The Labute approximate surface area is 265 Å². The van der Waals surface area contributed by atoms with Crippen molar-refractivity contribution in [1.82, 2.24) is 0 Å². The molecule has 1 aliphatic carbocycles. The lowest BCUT2D eigenvalue weighted by atomic mass is 9.57. The molecule has 4 aromatic carbocycles. The number of rotatable bonds is 4. The number of carbonyl (C=O) groups is 1. The molecule has 0 saturated heterocycles. The van der Waals surface area contributed by atoms with Crippen molar-refractivity contribution in [2.75, 3.05) is 11.4 Å². The highest BCUT2D eigenvalue weighted by atomic mass is 79.9. The molecule has 2 atom stereocenters. The van der Waals surface area contributed by atoms with Gasteiger partial charge >= 0.3 is 0 Å². The number of allylic oxidation sites excluding steroid dienone is 2. The number of benzene rings is 4. The topological polar surface area (TPSA) is 20.3 Å². The highest BCUT2D eigenvalue weighted by Gasteiger charge is 2.63. The Kier molecular flexibility index (Phi) is 6.90. The predicted molar refractivity (Wildman–Crippen MR) is 181 cm³/mol. The minimum Gasteiger partial charge on any atom is -0.360 e. The number of anilines is 1. The van der Waals surface area contributed by atoms with Crippen LogP contribution in [0.5, 0.6) is 0 Å². The van der Waals surface area contributed by atoms with Crippen LogP contribution in [0, 0.1) is 5.92 Å². The molecule has 210 valence electrons. The van der Waals surface area contributed by atoms with E-state index in [2.05, 4.69) is 136 Å². The van der Waals surface area contributed by atoms with Gasteiger partial charge in [0.25, 0.3) is 0 Å². The summed E-state index contributed by atoms with van der Waals surface area (Å²) in [4.78, 5) is 17.8. The molecule has 2 heterocycles. The van der Waals surface area contributed by atoms with Crippen LogP contribution in [-0.4, -0.2) is 17.9 Å². The number of fused-ring (bicyclic) bond motifs is 1. The third-order valence-corrected chi connectivity index (χ3v) is 10.8. The van der Waals surface area contributed by atoms with E-state index < -0.39 is 11.5 Å². The van der Waals surface area contributed by atoms with E-state index in [1.807, 2.05) is 24.3 Å². The average molecular weight is 679 g/mol. The van der Waals surface area contributed by atoms with E-state index in [-0.39, 0.29) is 11.2 Å². The molecule has 0 amide bonds. The summed E-state index contributed by atoms with van der Waals surface area (Å²) in [7, 11) is 0. The zero-order valence-corrected chi connectivity index (χ0v) is 27.1. The fourth-order valence-electron chi connectivity index (χ4n) is 7.67. The Morgan fingerprint density at radius 2 is 1.48 bits per heavy atom. The third kappa shape index (κ3) is 4.21. The summed E-state index contributed by atoms with van der Waals surface area (Å²) in [6.45, 7) is 5.65. The molecule has 0 bridgehead atoms. The van der Waals surface area contributed by atoms with Gasteiger partial charge in [0.2, 0.25) is 0 Å². The van der Waals surface area contributed by atoms with Gasteiger partial charge < -0.3 is 4.90 Å². The van der Waals surface area contributed by atoms with Gasteiger partial charge in [0.1, 0.15) is 0 Å². The van der Waals surface area contributed by atoms with E-state index in [0.29, 0.717) is 0 Å². The van der Waals surface area contributed by atoms with Gasteiger partial charge in [-0.3, -0.25) is 4.79 Å². The summed E-state index contributed by atoms with van der Waals surface area (Å²) >= 11 is 7.21. The summed E-state index contributed by atoms with van der Waals surface area (Å²) in [5.41, 5.74) is 8.36. The standard InChI is InChI=1S/C38H33Br2NO/c1-37(2)33-13-8-12-27-11-6-7-22-41(35(27)33)38(37)24-29(25-14-18-30(39)19-15-25)23-32(26-9-4-3-5-10-26)34(38)36(42)28-16-20-31(40)21-17-28/h3-5,8-10,12-21,23-24,34H,6-7,11,22H2,1-2H3/t34-,38-/m0/s1. The van der Waals surface area contributed by atoms with Gasteiger partial charge in [-0.05, 0) is 89.1 Å². The van der Waals surface area contributed by atoms with Gasteiger partial charge in [0.15, 0.2) is 5.78 Å². The van der Waals surface area contributed by atoms with Gasteiger partial charge in [-0.25, -0.2) is 0 Å². The number of halogens is 2. The quantitative estimate of drug-likeness (QED) is 0.200. The van der Waals surface area contributed by atoms with E-state index >= 15 is 4.79 Å². The van der Waals surface area contributed by atoms with Crippen LogP contribution in [-0.2, 0) is 11.8 Å². The van der Waals surface area contributed by atoms with Crippen LogP contribution in [0.2, 0.25) is 0 Å². The van der Waals surface area contributed by atoms with Gasteiger partial charge in [0.05, 0.1) is 11.5 Å². The molecular formula is C38H33Br2NO. The molecule has 2 aliphatic heterocycles. The number of para-hydroxylation sites is 1. The molecule has 2 nitrogen and oxygen atoms in total. The first-order chi connectivity index (χ1) is 20.3. The molecule has 4 aromatic rings. The monoisotopic (exact) mass is 677 g/mol. The molecule has 7 rings (SSSR count). The second kappa shape index (κ2) is 10.5. The highest BCUT2D eigenvalue weighted by Crippen LogP contribution is 2.62. The SMILES string of the molecule is CC1(C)c2cccc3c2N(CCCC3)[C@]12C=C(c1ccc(Br)cc1)C=C(c1ccccc1)[C@H]2C(=O)c1ccc(Br)cc1. The zero-order valence-electron chi connectivity index (χ0n) is 23.9. The lowest BCUT2D eigenvalue weighted by Crippen LogP contribution is -2.62. The first-order valence-corrected chi connectivity index (χ1v) is 16.4. The second-order valence-corrected chi connectivity index (χ2v) is 14.1. The van der Waals surface area contributed by atoms with E-state index in [9.17, 15) is 0 Å². The highest BCUT2D eigenvalue weighted by molar-refractivity contribution is 9.10. The van der Waals surface area contributed by atoms with Crippen molar-refractivity contribution < 1.29 is 4.79 Å². The minimum atomic E-state index is -0.609. The van der Waals surface area contributed by atoms with Crippen molar-refractivity contribution in [3.05, 3.63) is 146 Å². The fourth-order valence-corrected chi connectivity index (χ4v) is 8.20. The summed E-state index contributed by atoms with van der Waals surface area (Å²) in [5.74, 6) is -0.246. The maximum atomic E-state index is 15.1. The van der Waals surface area contributed by atoms with Crippen molar-refractivity contribution >= 4 is 54.5 Å². The number of nitrogens with zero attached hydrogens (tertiary/aromatic N) is 1. The number of Topliss-reactive ketones (excluding diaryl/α,β-unsaturated/α-hetero) is 1. The van der Waals surface area contributed by atoms with Crippen molar-refractivity contribution in [3.8, 4) is 0 Å². The molecule has 0 aromatic heterocycles. The Morgan fingerprint density at radius 1 is 0.786 bits per heavy atom. The summed E-state index contributed by atoms with van der Waals surface area (Å²) in [5, 5.41) is 0. The van der Waals surface area contributed by atoms with E-state index in [1.54, 1.807) is 0 Å². The molecule has 1 spiro atoms. The van der Waals surface area contributed by atoms with E-state index in [0.717, 1.165) is 62.6 Å². The average Bonchev–Trinajstić information content (AvgIpc) is 3.13. The Balaban J connectivity index is 1.56. The van der Waals surface area contributed by atoms with Gasteiger partial charge in [-0.1, -0.05) is 119 Å². The van der Waals surface area contributed by atoms with E-state index in [1.165, 1.54) is 16.8 Å². The molecule has 4 heteroatoms. The van der Waals surface area contributed by atoms with E-state index in [4.69, 9.17) is 0 Å². The summed E-state index contributed by atoms with van der Waals surface area (Å²) < 4.78 is 2.03. The zero-order chi connectivity index (χ0) is 29.1. The Hall–Kier alpha value is -3.21. The fraction of sp³-hybridized carbons (Fsp3) is 0.237. The van der Waals surface area contributed by atoms with Crippen LogP contribution in [0.4, 0.5) is 5.69 Å².